The molecule has 1 aliphatic carbocycles. The molecule has 0 amide bonds. The molecular weight excluding hydrogens is 488 g/mol. The van der Waals surface area contributed by atoms with Crippen LogP contribution in [-0.4, -0.2) is 68.6 Å². The van der Waals surface area contributed by atoms with Crippen molar-refractivity contribution < 1.29 is 4.42 Å². The first-order valence-corrected chi connectivity index (χ1v) is 13.9. The first-order valence-electron chi connectivity index (χ1n) is 13.9. The van der Waals surface area contributed by atoms with E-state index in [0.717, 1.165) is 51.8 Å². The lowest BCUT2D eigenvalue weighted by Crippen LogP contribution is -2.49. The van der Waals surface area contributed by atoms with Crippen LogP contribution in [0.4, 0.5) is 17.5 Å². The lowest BCUT2D eigenvalue weighted by molar-refractivity contribution is 0.0828. The molecule has 0 radical (unpaired) electrons. The Morgan fingerprint density at radius 3 is 2.41 bits per heavy atom. The average molecular weight is 523 g/mol. The molecule has 1 saturated heterocycles. The van der Waals surface area contributed by atoms with E-state index in [1.807, 2.05) is 36.4 Å². The molecule has 0 unspecified atom stereocenters. The van der Waals surface area contributed by atoms with Crippen LogP contribution in [0, 0.1) is 0 Å². The predicted octanol–water partition coefficient (Wildman–Crippen LogP) is 5.30. The molecule has 200 valence electrons. The Balaban J connectivity index is 1.12. The van der Waals surface area contributed by atoms with Crippen molar-refractivity contribution in [3.63, 3.8) is 0 Å². The molecule has 3 aromatic heterocycles. The first-order chi connectivity index (χ1) is 19.1. The number of benzene rings is 2. The number of piperazine rings is 1. The highest BCUT2D eigenvalue weighted by atomic mass is 16.4. The largest absolute Gasteiger partial charge is 0.423 e. The van der Waals surface area contributed by atoms with E-state index in [9.17, 15) is 0 Å². The molecule has 9 nitrogen and oxygen atoms in total. The number of hydrogen-bond acceptors (Lipinski definition) is 8. The molecule has 0 atom stereocenters. The van der Waals surface area contributed by atoms with Crippen LogP contribution in [0.15, 0.2) is 65.5 Å². The Morgan fingerprint density at radius 2 is 1.64 bits per heavy atom. The van der Waals surface area contributed by atoms with Crippen molar-refractivity contribution in [2.45, 2.75) is 37.8 Å². The number of nitrogen functional groups attached to an aromatic ring is 1. The maximum atomic E-state index is 6.43. The Bertz CT molecular complexity index is 1560. The van der Waals surface area contributed by atoms with Crippen LogP contribution in [0.25, 0.3) is 33.3 Å². The zero-order valence-corrected chi connectivity index (χ0v) is 22.3. The number of nitrogens with zero attached hydrogens (tertiary/aromatic N) is 6. The molecule has 0 spiro atoms. The van der Waals surface area contributed by atoms with Crippen LogP contribution >= 0.6 is 0 Å². The van der Waals surface area contributed by atoms with Crippen molar-refractivity contribution in [1.82, 2.24) is 29.3 Å². The molecule has 2 aromatic carbocycles. The molecule has 1 saturated carbocycles. The summed E-state index contributed by atoms with van der Waals surface area (Å²) >= 11 is 0. The molecule has 5 aromatic rings. The summed E-state index contributed by atoms with van der Waals surface area (Å²) in [5, 5.41) is 4.20. The van der Waals surface area contributed by atoms with Crippen molar-refractivity contribution in [2.24, 2.45) is 0 Å². The molecule has 9 heteroatoms. The summed E-state index contributed by atoms with van der Waals surface area (Å²) in [6.45, 7) is 4.71. The molecule has 2 aliphatic rings. The van der Waals surface area contributed by atoms with Gasteiger partial charge in [-0.3, -0.25) is 4.90 Å². The van der Waals surface area contributed by atoms with Gasteiger partial charge in [0.15, 0.2) is 5.58 Å². The van der Waals surface area contributed by atoms with Gasteiger partial charge >= 0.3 is 0 Å². The summed E-state index contributed by atoms with van der Waals surface area (Å²) in [4.78, 5) is 18.7. The zero-order chi connectivity index (χ0) is 26.3. The van der Waals surface area contributed by atoms with Gasteiger partial charge in [-0.2, -0.15) is 4.98 Å². The number of aromatic nitrogens is 4. The SMILES string of the molecule is CN1CCN([C@H]2CC[C@H](n3cc(-c4ccc(Nc5nc6ccccc6o5)cc4)c4c(N)ncnc43)CC2)CC1. The Labute approximate surface area is 227 Å². The number of nitrogens with two attached hydrogens (primary N) is 1. The second-order valence-corrected chi connectivity index (χ2v) is 10.9. The van der Waals surface area contributed by atoms with Crippen LogP contribution in [0.5, 0.6) is 0 Å². The minimum absolute atomic E-state index is 0.416. The van der Waals surface area contributed by atoms with Crippen molar-refractivity contribution >= 4 is 39.7 Å². The van der Waals surface area contributed by atoms with E-state index in [1.54, 1.807) is 6.33 Å². The molecule has 4 heterocycles. The van der Waals surface area contributed by atoms with Crippen molar-refractivity contribution in [2.75, 3.05) is 44.3 Å². The minimum Gasteiger partial charge on any atom is -0.423 e. The summed E-state index contributed by atoms with van der Waals surface area (Å²) < 4.78 is 8.17. The maximum absolute atomic E-state index is 6.43. The van der Waals surface area contributed by atoms with Gasteiger partial charge in [-0.1, -0.05) is 24.3 Å². The van der Waals surface area contributed by atoms with E-state index in [4.69, 9.17) is 15.1 Å². The normalized spacial score (nSPS) is 21.1. The van der Waals surface area contributed by atoms with Gasteiger partial charge in [-0.05, 0) is 62.6 Å². The molecular formula is C30H34N8O. The quantitative estimate of drug-likeness (QED) is 0.321. The number of likely N-dealkylation sites (N-methyl/N-ethyl adjacent to an activating group) is 1. The summed E-state index contributed by atoms with van der Waals surface area (Å²) in [5.74, 6) is 0.522. The Hall–Kier alpha value is -3.95. The monoisotopic (exact) mass is 522 g/mol. The van der Waals surface area contributed by atoms with Crippen molar-refractivity contribution in [3.05, 3.63) is 61.1 Å². The summed E-state index contributed by atoms with van der Waals surface area (Å²) in [6.07, 6.45) is 8.57. The number of rotatable bonds is 5. The molecule has 1 aliphatic heterocycles. The highest BCUT2D eigenvalue weighted by Crippen LogP contribution is 2.39. The number of oxazole rings is 1. The van der Waals surface area contributed by atoms with Crippen molar-refractivity contribution in [3.8, 4) is 11.1 Å². The van der Waals surface area contributed by atoms with E-state index < -0.39 is 0 Å². The fourth-order valence-corrected chi connectivity index (χ4v) is 6.28. The second kappa shape index (κ2) is 9.98. The van der Waals surface area contributed by atoms with Crippen molar-refractivity contribution in [1.29, 1.82) is 0 Å². The van der Waals surface area contributed by atoms with Crippen LogP contribution in [0.2, 0.25) is 0 Å². The highest BCUT2D eigenvalue weighted by molar-refractivity contribution is 6.00. The Kier molecular flexibility index (Phi) is 6.17. The lowest BCUT2D eigenvalue weighted by Gasteiger charge is -2.41. The number of anilines is 3. The summed E-state index contributed by atoms with van der Waals surface area (Å²) in [7, 11) is 2.22. The standard InChI is InChI=1S/C30H34N8O/c1-36-14-16-37(17-15-36)22-10-12-23(13-11-22)38-18-24(27-28(31)32-19-33-29(27)38)20-6-8-21(9-7-20)34-30-35-25-4-2-3-5-26(25)39-30/h2-9,18-19,22-23H,10-17H2,1H3,(H,34,35)(H2,31,32,33)/t22-,23-. The van der Waals surface area contributed by atoms with Crippen LogP contribution in [-0.2, 0) is 0 Å². The molecule has 39 heavy (non-hydrogen) atoms. The van der Waals surface area contributed by atoms with Gasteiger partial charge in [-0.15, -0.1) is 0 Å². The van der Waals surface area contributed by atoms with Gasteiger partial charge in [0, 0.05) is 55.7 Å². The molecule has 3 N–H and O–H groups in total. The summed E-state index contributed by atoms with van der Waals surface area (Å²) in [5.41, 5.74) is 12.0. The molecule has 7 rings (SSSR count). The predicted molar refractivity (Wildman–Crippen MR) is 155 cm³/mol. The fraction of sp³-hybridized carbons (Fsp3) is 0.367. The highest BCUT2D eigenvalue weighted by Gasteiger charge is 2.30. The van der Waals surface area contributed by atoms with Gasteiger partial charge in [-0.25, -0.2) is 9.97 Å². The van der Waals surface area contributed by atoms with Crippen LogP contribution < -0.4 is 11.1 Å². The van der Waals surface area contributed by atoms with E-state index in [-0.39, 0.29) is 0 Å². The fourth-order valence-electron chi connectivity index (χ4n) is 6.28. The zero-order valence-electron chi connectivity index (χ0n) is 22.3. The smallest absolute Gasteiger partial charge is 0.300 e. The van der Waals surface area contributed by atoms with Crippen LogP contribution in [0.1, 0.15) is 31.7 Å². The van der Waals surface area contributed by atoms with E-state index >= 15 is 0 Å². The first kappa shape index (κ1) is 24.1. The third-order valence-electron chi connectivity index (χ3n) is 8.49. The summed E-state index contributed by atoms with van der Waals surface area (Å²) in [6, 6.07) is 17.6. The minimum atomic E-state index is 0.416. The topological polar surface area (TPSA) is 101 Å². The van der Waals surface area contributed by atoms with Gasteiger partial charge in [0.1, 0.15) is 23.3 Å². The van der Waals surface area contributed by atoms with E-state index in [1.165, 1.54) is 39.0 Å². The van der Waals surface area contributed by atoms with Crippen LogP contribution in [0.3, 0.4) is 0 Å². The number of fused-ring (bicyclic) bond motifs is 2. The number of hydrogen-bond donors (Lipinski definition) is 2. The van der Waals surface area contributed by atoms with Gasteiger partial charge in [0.25, 0.3) is 6.01 Å². The van der Waals surface area contributed by atoms with Gasteiger partial charge in [0.2, 0.25) is 0 Å². The van der Waals surface area contributed by atoms with Gasteiger partial charge in [0.05, 0.1) is 5.39 Å². The number of para-hydroxylation sites is 2. The molecule has 0 bridgehead atoms. The third-order valence-corrected chi connectivity index (χ3v) is 8.49. The average Bonchev–Trinajstić information content (AvgIpc) is 3.56. The maximum Gasteiger partial charge on any atom is 0.300 e. The van der Waals surface area contributed by atoms with Gasteiger partial charge < -0.3 is 24.9 Å². The third kappa shape index (κ3) is 4.62. The second-order valence-electron chi connectivity index (χ2n) is 10.9. The molecule has 2 fully saturated rings. The Morgan fingerprint density at radius 1 is 0.897 bits per heavy atom. The van der Waals surface area contributed by atoms with E-state index in [0.29, 0.717) is 23.9 Å². The van der Waals surface area contributed by atoms with E-state index in [2.05, 4.69) is 55.0 Å². The number of nitrogens with one attached hydrogen (secondary N) is 1. The lowest BCUT2D eigenvalue weighted by atomic mass is 9.89.